The van der Waals surface area contributed by atoms with Crippen LogP contribution in [0.15, 0.2) is 18.2 Å². The van der Waals surface area contributed by atoms with E-state index in [1.165, 1.54) is 0 Å². The molecule has 25 heavy (non-hydrogen) atoms. The molecule has 1 aromatic carbocycles. The van der Waals surface area contributed by atoms with Gasteiger partial charge in [-0.25, -0.2) is 0 Å². The number of carbonyl (C=O) groups excluding carboxylic acids is 2. The van der Waals surface area contributed by atoms with Crippen LogP contribution in [0.5, 0.6) is 0 Å². The molecule has 0 bridgehead atoms. The third kappa shape index (κ3) is 4.23. The normalized spacial score (nSPS) is 16.2. The summed E-state index contributed by atoms with van der Waals surface area (Å²) >= 11 is 0. The summed E-state index contributed by atoms with van der Waals surface area (Å²) in [6, 6.07) is 6.03. The second-order valence-corrected chi connectivity index (χ2v) is 8.25. The van der Waals surface area contributed by atoms with Crippen molar-refractivity contribution in [2.45, 2.75) is 60.3 Å². The first kappa shape index (κ1) is 19.5. The number of amides is 2. The van der Waals surface area contributed by atoms with Gasteiger partial charge in [0.1, 0.15) is 5.41 Å². The molecule has 1 heterocycles. The fraction of sp³-hybridized carbons (Fsp3) is 0.619. The summed E-state index contributed by atoms with van der Waals surface area (Å²) in [5.41, 5.74) is 1.89. The molecule has 0 aromatic heterocycles. The zero-order valence-corrected chi connectivity index (χ0v) is 16.5. The highest BCUT2D eigenvalue weighted by atomic mass is 16.2. The lowest BCUT2D eigenvalue weighted by molar-refractivity contribution is -0.147. The van der Waals surface area contributed by atoms with Gasteiger partial charge in [0.05, 0.1) is 0 Å². The molecule has 0 spiro atoms. The van der Waals surface area contributed by atoms with Gasteiger partial charge in [-0.3, -0.25) is 9.59 Å². The zero-order valence-electron chi connectivity index (χ0n) is 16.5. The van der Waals surface area contributed by atoms with Gasteiger partial charge in [0.15, 0.2) is 0 Å². The first-order valence-corrected chi connectivity index (χ1v) is 9.35. The van der Waals surface area contributed by atoms with Crippen molar-refractivity contribution >= 4 is 17.5 Å². The Hall–Kier alpha value is -1.84. The number of hydrogen-bond acceptors (Lipinski definition) is 2. The Morgan fingerprint density at radius 2 is 1.80 bits per heavy atom. The van der Waals surface area contributed by atoms with E-state index in [1.54, 1.807) is 13.8 Å². The highest BCUT2D eigenvalue weighted by molar-refractivity contribution is 6.10. The number of nitrogens with zero attached hydrogens (tertiary/aromatic N) is 1. The molecule has 1 fully saturated rings. The molecule has 1 aliphatic heterocycles. The molecule has 4 nitrogen and oxygen atoms in total. The SMILES string of the molecule is Cc1cccc(C(C)C)c1NC(=O)C(C)(C)C(=O)N1CCC(C)CC1. The van der Waals surface area contributed by atoms with E-state index in [0.717, 1.165) is 42.7 Å². The molecular formula is C21H32N2O2. The Morgan fingerprint density at radius 1 is 1.20 bits per heavy atom. The summed E-state index contributed by atoms with van der Waals surface area (Å²) < 4.78 is 0. The fourth-order valence-corrected chi connectivity index (χ4v) is 3.32. The van der Waals surface area contributed by atoms with Crippen molar-refractivity contribution < 1.29 is 9.59 Å². The van der Waals surface area contributed by atoms with E-state index in [0.29, 0.717) is 11.8 Å². The number of nitrogens with one attached hydrogen (secondary N) is 1. The predicted octanol–water partition coefficient (Wildman–Crippen LogP) is 4.34. The topological polar surface area (TPSA) is 49.4 Å². The summed E-state index contributed by atoms with van der Waals surface area (Å²) in [6.45, 7) is 13.4. The minimum atomic E-state index is -1.07. The molecular weight excluding hydrogens is 312 g/mol. The van der Waals surface area contributed by atoms with Crippen LogP contribution in [0.25, 0.3) is 0 Å². The number of anilines is 1. The van der Waals surface area contributed by atoms with Crippen molar-refractivity contribution in [3.8, 4) is 0 Å². The van der Waals surface area contributed by atoms with E-state index >= 15 is 0 Å². The lowest BCUT2D eigenvalue weighted by Crippen LogP contribution is -2.49. The zero-order chi connectivity index (χ0) is 18.8. The van der Waals surface area contributed by atoms with Crippen molar-refractivity contribution in [3.63, 3.8) is 0 Å². The maximum absolute atomic E-state index is 13.0. The van der Waals surface area contributed by atoms with Crippen LogP contribution in [-0.2, 0) is 9.59 Å². The summed E-state index contributed by atoms with van der Waals surface area (Å²) in [6.07, 6.45) is 2.03. The highest BCUT2D eigenvalue weighted by Gasteiger charge is 2.40. The maximum Gasteiger partial charge on any atom is 0.239 e. The number of benzene rings is 1. The Labute approximate surface area is 152 Å². The largest absolute Gasteiger partial charge is 0.342 e. The minimum Gasteiger partial charge on any atom is -0.342 e. The van der Waals surface area contributed by atoms with Gasteiger partial charge in [-0.1, -0.05) is 39.0 Å². The van der Waals surface area contributed by atoms with Crippen LogP contribution >= 0.6 is 0 Å². The first-order chi connectivity index (χ1) is 11.6. The molecule has 0 aliphatic carbocycles. The van der Waals surface area contributed by atoms with E-state index in [-0.39, 0.29) is 11.8 Å². The summed E-state index contributed by atoms with van der Waals surface area (Å²) in [7, 11) is 0. The van der Waals surface area contributed by atoms with Gasteiger partial charge < -0.3 is 10.2 Å². The number of hydrogen-bond donors (Lipinski definition) is 1. The van der Waals surface area contributed by atoms with Crippen molar-refractivity contribution in [1.82, 2.24) is 4.90 Å². The Bertz CT molecular complexity index is 641. The van der Waals surface area contributed by atoms with Crippen LogP contribution in [-0.4, -0.2) is 29.8 Å². The lowest BCUT2D eigenvalue weighted by Gasteiger charge is -2.35. The highest BCUT2D eigenvalue weighted by Crippen LogP contribution is 2.30. The van der Waals surface area contributed by atoms with Crippen LogP contribution in [0.1, 0.15) is 64.5 Å². The van der Waals surface area contributed by atoms with Crippen molar-refractivity contribution in [3.05, 3.63) is 29.3 Å². The molecule has 1 aliphatic rings. The van der Waals surface area contributed by atoms with Crippen LogP contribution in [0.2, 0.25) is 0 Å². The van der Waals surface area contributed by atoms with Gasteiger partial charge in [0.25, 0.3) is 0 Å². The molecule has 1 saturated heterocycles. The Morgan fingerprint density at radius 3 is 2.36 bits per heavy atom. The Balaban J connectivity index is 2.18. The maximum atomic E-state index is 13.0. The molecule has 138 valence electrons. The molecule has 2 amide bonds. The number of aryl methyl sites for hydroxylation is 1. The van der Waals surface area contributed by atoms with E-state index in [9.17, 15) is 9.59 Å². The molecule has 0 radical (unpaired) electrons. The third-order valence-electron chi connectivity index (χ3n) is 5.34. The predicted molar refractivity (Wildman–Crippen MR) is 103 cm³/mol. The Kier molecular flexibility index (Phi) is 5.91. The minimum absolute atomic E-state index is 0.0726. The summed E-state index contributed by atoms with van der Waals surface area (Å²) in [5.74, 6) is 0.656. The third-order valence-corrected chi connectivity index (χ3v) is 5.34. The van der Waals surface area contributed by atoms with E-state index < -0.39 is 5.41 Å². The number of rotatable bonds is 4. The van der Waals surface area contributed by atoms with Crippen molar-refractivity contribution in [2.75, 3.05) is 18.4 Å². The molecule has 4 heteroatoms. The molecule has 0 atom stereocenters. The van der Waals surface area contributed by atoms with Crippen LogP contribution in [0.4, 0.5) is 5.69 Å². The van der Waals surface area contributed by atoms with E-state index in [4.69, 9.17) is 0 Å². The van der Waals surface area contributed by atoms with E-state index in [1.807, 2.05) is 30.0 Å². The molecule has 0 unspecified atom stereocenters. The van der Waals surface area contributed by atoms with E-state index in [2.05, 4.69) is 26.1 Å². The second kappa shape index (κ2) is 7.59. The number of carbonyl (C=O) groups is 2. The smallest absolute Gasteiger partial charge is 0.239 e. The van der Waals surface area contributed by atoms with Gasteiger partial charge in [-0.2, -0.15) is 0 Å². The van der Waals surface area contributed by atoms with Gasteiger partial charge in [-0.05, 0) is 56.6 Å². The van der Waals surface area contributed by atoms with Crippen LogP contribution < -0.4 is 5.32 Å². The lowest BCUT2D eigenvalue weighted by atomic mass is 9.87. The van der Waals surface area contributed by atoms with Crippen molar-refractivity contribution in [1.29, 1.82) is 0 Å². The van der Waals surface area contributed by atoms with Gasteiger partial charge in [-0.15, -0.1) is 0 Å². The van der Waals surface area contributed by atoms with Gasteiger partial charge in [0, 0.05) is 18.8 Å². The average molecular weight is 344 g/mol. The second-order valence-electron chi connectivity index (χ2n) is 8.25. The average Bonchev–Trinajstić information content (AvgIpc) is 2.56. The molecule has 1 aromatic rings. The molecule has 1 N–H and O–H groups in total. The molecule has 2 rings (SSSR count). The number of piperidine rings is 1. The van der Waals surface area contributed by atoms with Gasteiger partial charge >= 0.3 is 0 Å². The van der Waals surface area contributed by atoms with Crippen LogP contribution in [0, 0.1) is 18.3 Å². The standard InChI is InChI=1S/C21H32N2O2/c1-14(2)17-9-7-8-16(4)18(17)22-19(24)21(5,6)20(25)23-12-10-15(3)11-13-23/h7-9,14-15H,10-13H2,1-6H3,(H,22,24). The number of likely N-dealkylation sites (tertiary alicyclic amines) is 1. The molecule has 0 saturated carbocycles. The summed E-state index contributed by atoms with van der Waals surface area (Å²) in [4.78, 5) is 27.7. The number of para-hydroxylation sites is 1. The van der Waals surface area contributed by atoms with Crippen LogP contribution in [0.3, 0.4) is 0 Å². The first-order valence-electron chi connectivity index (χ1n) is 9.35. The summed E-state index contributed by atoms with van der Waals surface area (Å²) in [5, 5.41) is 3.04. The quantitative estimate of drug-likeness (QED) is 0.826. The monoisotopic (exact) mass is 344 g/mol. The fourth-order valence-electron chi connectivity index (χ4n) is 3.32. The van der Waals surface area contributed by atoms with Crippen molar-refractivity contribution in [2.24, 2.45) is 11.3 Å². The van der Waals surface area contributed by atoms with Gasteiger partial charge in [0.2, 0.25) is 11.8 Å².